The minimum atomic E-state index is -0.236. The lowest BCUT2D eigenvalue weighted by molar-refractivity contribution is -0.119. The van der Waals surface area contributed by atoms with Crippen molar-refractivity contribution in [3.05, 3.63) is 60.2 Å². The van der Waals surface area contributed by atoms with Crippen LogP contribution in [0.1, 0.15) is 12.5 Å². The maximum Gasteiger partial charge on any atom is 0.259 e. The van der Waals surface area contributed by atoms with E-state index in [0.717, 1.165) is 11.3 Å². The second-order valence-corrected chi connectivity index (χ2v) is 4.82. The highest BCUT2D eigenvalue weighted by Gasteiger charge is 1.99. The van der Waals surface area contributed by atoms with E-state index in [0.29, 0.717) is 5.69 Å². The van der Waals surface area contributed by atoms with Crippen LogP contribution in [0.25, 0.3) is 0 Å². The molecular weight excluding hydrogens is 292 g/mol. The molecule has 0 aromatic heterocycles. The van der Waals surface area contributed by atoms with Gasteiger partial charge in [-0.05, 0) is 29.8 Å². The molecule has 0 spiro atoms. The van der Waals surface area contributed by atoms with Gasteiger partial charge >= 0.3 is 0 Å². The largest absolute Gasteiger partial charge is 0.376 e. The standard InChI is InChI=1S/C17H18N4O2/c1-13(22)20-16-9-7-14(8-10-16)11-19-21-17(23)12-18-15-5-3-2-4-6-15/h2-11,18H,12H2,1H3,(H,20,22)(H,21,23)/b19-11+. The molecule has 3 N–H and O–H groups in total. The van der Waals surface area contributed by atoms with Gasteiger partial charge in [-0.25, -0.2) is 5.43 Å². The van der Waals surface area contributed by atoms with Gasteiger partial charge in [0.1, 0.15) is 0 Å². The molecule has 0 fully saturated rings. The summed E-state index contributed by atoms with van der Waals surface area (Å²) in [6.45, 7) is 1.59. The molecule has 0 saturated carbocycles. The van der Waals surface area contributed by atoms with Crippen LogP contribution in [0.4, 0.5) is 11.4 Å². The molecule has 0 atom stereocenters. The van der Waals surface area contributed by atoms with Crippen molar-refractivity contribution < 1.29 is 9.59 Å². The van der Waals surface area contributed by atoms with E-state index in [2.05, 4.69) is 21.2 Å². The van der Waals surface area contributed by atoms with Crippen LogP contribution in [0.15, 0.2) is 59.7 Å². The summed E-state index contributed by atoms with van der Waals surface area (Å²) in [5.74, 6) is -0.357. The molecule has 0 unspecified atom stereocenters. The minimum Gasteiger partial charge on any atom is -0.376 e. The Morgan fingerprint density at radius 2 is 1.70 bits per heavy atom. The smallest absolute Gasteiger partial charge is 0.259 e. The lowest BCUT2D eigenvalue weighted by Gasteiger charge is -2.04. The summed E-state index contributed by atoms with van der Waals surface area (Å²) in [7, 11) is 0. The molecule has 0 aliphatic rings. The number of para-hydroxylation sites is 1. The average Bonchev–Trinajstić information content (AvgIpc) is 2.55. The third-order valence-corrected chi connectivity index (χ3v) is 2.86. The lowest BCUT2D eigenvalue weighted by atomic mass is 10.2. The molecule has 6 nitrogen and oxygen atoms in total. The van der Waals surface area contributed by atoms with E-state index in [-0.39, 0.29) is 18.4 Å². The van der Waals surface area contributed by atoms with Crippen LogP contribution in [0, 0.1) is 0 Å². The molecule has 0 aliphatic heterocycles. The Morgan fingerprint density at radius 1 is 1.00 bits per heavy atom. The number of hydrogen-bond donors (Lipinski definition) is 3. The van der Waals surface area contributed by atoms with Crippen molar-refractivity contribution >= 4 is 29.4 Å². The van der Waals surface area contributed by atoms with Gasteiger partial charge in [0.25, 0.3) is 5.91 Å². The predicted octanol–water partition coefficient (Wildman–Crippen LogP) is 2.21. The van der Waals surface area contributed by atoms with Crippen molar-refractivity contribution in [2.45, 2.75) is 6.92 Å². The Labute approximate surface area is 134 Å². The van der Waals surface area contributed by atoms with Gasteiger partial charge in [0.15, 0.2) is 0 Å². The highest BCUT2D eigenvalue weighted by Crippen LogP contribution is 2.07. The van der Waals surface area contributed by atoms with Gasteiger partial charge in [0.05, 0.1) is 12.8 Å². The molecule has 0 aliphatic carbocycles. The van der Waals surface area contributed by atoms with Gasteiger partial charge in [-0.2, -0.15) is 5.10 Å². The van der Waals surface area contributed by atoms with Crippen LogP contribution in [0.5, 0.6) is 0 Å². The van der Waals surface area contributed by atoms with Gasteiger partial charge < -0.3 is 10.6 Å². The SMILES string of the molecule is CC(=O)Nc1ccc(/C=N/NC(=O)CNc2ccccc2)cc1. The number of carbonyl (C=O) groups excluding carboxylic acids is 2. The Kier molecular flexibility index (Phi) is 5.88. The maximum atomic E-state index is 11.6. The molecule has 0 heterocycles. The highest BCUT2D eigenvalue weighted by atomic mass is 16.2. The van der Waals surface area contributed by atoms with E-state index in [1.165, 1.54) is 13.1 Å². The Balaban J connectivity index is 1.77. The number of nitrogens with one attached hydrogen (secondary N) is 3. The third kappa shape index (κ3) is 6.01. The summed E-state index contributed by atoms with van der Waals surface area (Å²) in [5.41, 5.74) is 4.85. The molecule has 118 valence electrons. The first kappa shape index (κ1) is 16.2. The van der Waals surface area contributed by atoms with Gasteiger partial charge in [-0.15, -0.1) is 0 Å². The van der Waals surface area contributed by atoms with Crippen LogP contribution < -0.4 is 16.1 Å². The lowest BCUT2D eigenvalue weighted by Crippen LogP contribution is -2.25. The van der Waals surface area contributed by atoms with Crippen LogP contribution in [-0.4, -0.2) is 24.6 Å². The first-order valence-corrected chi connectivity index (χ1v) is 7.12. The van der Waals surface area contributed by atoms with Crippen molar-refractivity contribution in [1.82, 2.24) is 5.43 Å². The van der Waals surface area contributed by atoms with E-state index >= 15 is 0 Å². The number of hydrogen-bond acceptors (Lipinski definition) is 4. The molecule has 0 saturated heterocycles. The predicted molar refractivity (Wildman–Crippen MR) is 91.4 cm³/mol. The minimum absolute atomic E-state index is 0.121. The fraction of sp³-hybridized carbons (Fsp3) is 0.118. The molecule has 0 bridgehead atoms. The second kappa shape index (κ2) is 8.33. The quantitative estimate of drug-likeness (QED) is 0.565. The molecular formula is C17H18N4O2. The summed E-state index contributed by atoms with van der Waals surface area (Å²) in [4.78, 5) is 22.6. The van der Waals surface area contributed by atoms with Crippen LogP contribution in [-0.2, 0) is 9.59 Å². The van der Waals surface area contributed by atoms with Gasteiger partial charge in [-0.3, -0.25) is 9.59 Å². The van der Waals surface area contributed by atoms with Crippen molar-refractivity contribution in [3.8, 4) is 0 Å². The van der Waals surface area contributed by atoms with Crippen molar-refractivity contribution in [3.63, 3.8) is 0 Å². The summed E-state index contributed by atoms with van der Waals surface area (Å²) in [5, 5.41) is 9.56. The van der Waals surface area contributed by atoms with E-state index in [9.17, 15) is 9.59 Å². The fourth-order valence-electron chi connectivity index (χ4n) is 1.81. The zero-order valence-corrected chi connectivity index (χ0v) is 12.7. The van der Waals surface area contributed by atoms with Crippen LogP contribution in [0.2, 0.25) is 0 Å². The number of hydrazone groups is 1. The monoisotopic (exact) mass is 310 g/mol. The van der Waals surface area contributed by atoms with Crippen molar-refractivity contribution in [2.75, 3.05) is 17.2 Å². The molecule has 2 rings (SSSR count). The first-order chi connectivity index (χ1) is 11.1. The van der Waals surface area contributed by atoms with Crippen molar-refractivity contribution in [2.24, 2.45) is 5.10 Å². The average molecular weight is 310 g/mol. The molecule has 2 aromatic carbocycles. The second-order valence-electron chi connectivity index (χ2n) is 4.82. The van der Waals surface area contributed by atoms with Gasteiger partial charge in [-0.1, -0.05) is 30.3 Å². The summed E-state index contributed by atoms with van der Waals surface area (Å²) in [6, 6.07) is 16.6. The number of rotatable bonds is 6. The summed E-state index contributed by atoms with van der Waals surface area (Å²) >= 11 is 0. The van der Waals surface area contributed by atoms with E-state index < -0.39 is 0 Å². The van der Waals surface area contributed by atoms with E-state index in [4.69, 9.17) is 0 Å². The zero-order chi connectivity index (χ0) is 16.5. The number of benzene rings is 2. The van der Waals surface area contributed by atoms with Gasteiger partial charge in [0.2, 0.25) is 5.91 Å². The maximum absolute atomic E-state index is 11.6. The molecule has 6 heteroatoms. The Morgan fingerprint density at radius 3 is 2.35 bits per heavy atom. The normalized spacial score (nSPS) is 10.3. The zero-order valence-electron chi connectivity index (χ0n) is 12.7. The van der Waals surface area contributed by atoms with Crippen molar-refractivity contribution in [1.29, 1.82) is 0 Å². The van der Waals surface area contributed by atoms with E-state index in [1.54, 1.807) is 24.3 Å². The number of anilines is 2. The fourth-order valence-corrected chi connectivity index (χ4v) is 1.81. The molecule has 2 aromatic rings. The Bertz CT molecular complexity index is 681. The topological polar surface area (TPSA) is 82.6 Å². The third-order valence-electron chi connectivity index (χ3n) is 2.86. The van der Waals surface area contributed by atoms with Crippen LogP contribution in [0.3, 0.4) is 0 Å². The summed E-state index contributed by atoms with van der Waals surface area (Å²) in [6.07, 6.45) is 1.54. The molecule has 2 amide bonds. The number of nitrogens with zero attached hydrogens (tertiary/aromatic N) is 1. The number of carbonyl (C=O) groups is 2. The Hall–Kier alpha value is -3.15. The van der Waals surface area contributed by atoms with Gasteiger partial charge in [0, 0.05) is 18.3 Å². The summed E-state index contributed by atoms with van der Waals surface area (Å²) < 4.78 is 0. The first-order valence-electron chi connectivity index (χ1n) is 7.12. The van der Waals surface area contributed by atoms with Crippen LogP contribution >= 0.6 is 0 Å². The highest BCUT2D eigenvalue weighted by molar-refractivity contribution is 5.89. The molecule has 23 heavy (non-hydrogen) atoms. The van der Waals surface area contributed by atoms with E-state index in [1.807, 2.05) is 30.3 Å². The molecule has 0 radical (unpaired) electrons. The number of amides is 2.